The lowest BCUT2D eigenvalue weighted by Gasteiger charge is -2.06. The Kier molecular flexibility index (Phi) is 5.61. The summed E-state index contributed by atoms with van der Waals surface area (Å²) in [5, 5.41) is 8.45. The van der Waals surface area contributed by atoms with Crippen LogP contribution in [0.1, 0.15) is 29.6 Å². The van der Waals surface area contributed by atoms with Gasteiger partial charge in [0.1, 0.15) is 5.75 Å². The fraction of sp³-hybridized carbons (Fsp3) is 0.357. The summed E-state index contributed by atoms with van der Waals surface area (Å²) >= 11 is 1.45. The largest absolute Gasteiger partial charge is 0.492 e. The number of hydrogen-bond acceptors (Lipinski definition) is 6. The predicted molar refractivity (Wildman–Crippen MR) is 76.3 cm³/mol. The first kappa shape index (κ1) is 14.6. The van der Waals surface area contributed by atoms with Gasteiger partial charge in [0.05, 0.1) is 12.2 Å². The second-order valence-electron chi connectivity index (χ2n) is 4.06. The summed E-state index contributed by atoms with van der Waals surface area (Å²) in [5.74, 6) is 1.95. The Hall–Kier alpha value is -1.82. The van der Waals surface area contributed by atoms with Crippen molar-refractivity contribution in [3.8, 4) is 5.75 Å². The van der Waals surface area contributed by atoms with Crippen molar-refractivity contribution in [3.63, 3.8) is 0 Å². The Morgan fingerprint density at radius 1 is 1.35 bits per heavy atom. The molecule has 1 heterocycles. The summed E-state index contributed by atoms with van der Waals surface area (Å²) in [6.07, 6.45) is 2.58. The van der Waals surface area contributed by atoms with Crippen molar-refractivity contribution in [2.45, 2.75) is 25.0 Å². The lowest BCUT2D eigenvalue weighted by atomic mass is 10.2. The minimum absolute atomic E-state index is 0.473. The number of hydrogen-bond donors (Lipinski definition) is 0. The first-order chi connectivity index (χ1) is 9.83. The Morgan fingerprint density at radius 3 is 3.00 bits per heavy atom. The standard InChI is InChI=1S/C14H16N2O3S/c1-2-5-13-15-16-14(19-13)20-9-8-18-12-7-4-3-6-11(12)10-17/h3-4,6-7,10H,2,5,8-9H2,1H3. The van der Waals surface area contributed by atoms with Gasteiger partial charge < -0.3 is 9.15 Å². The summed E-state index contributed by atoms with van der Waals surface area (Å²) in [5.41, 5.74) is 0.556. The molecule has 0 saturated carbocycles. The number of benzene rings is 1. The van der Waals surface area contributed by atoms with Crippen LogP contribution < -0.4 is 4.74 Å². The molecule has 0 fully saturated rings. The number of carbonyl (C=O) groups is 1. The zero-order valence-electron chi connectivity index (χ0n) is 11.2. The third-order valence-electron chi connectivity index (χ3n) is 2.52. The van der Waals surface area contributed by atoms with E-state index >= 15 is 0 Å². The zero-order valence-corrected chi connectivity index (χ0v) is 12.1. The quantitative estimate of drug-likeness (QED) is 0.423. The number of rotatable bonds is 8. The van der Waals surface area contributed by atoms with Crippen LogP contribution in [0.15, 0.2) is 33.9 Å². The maximum atomic E-state index is 10.8. The summed E-state index contributed by atoms with van der Waals surface area (Å²) in [6.45, 7) is 2.54. The highest BCUT2D eigenvalue weighted by Gasteiger charge is 2.06. The SMILES string of the molecule is CCCc1nnc(SCCOc2ccccc2C=O)o1. The molecule has 2 aromatic rings. The van der Waals surface area contributed by atoms with E-state index in [0.717, 1.165) is 19.1 Å². The molecule has 0 radical (unpaired) electrons. The van der Waals surface area contributed by atoms with Gasteiger partial charge in [-0.05, 0) is 18.6 Å². The van der Waals surface area contributed by atoms with Crippen molar-refractivity contribution < 1.29 is 13.9 Å². The fourth-order valence-corrected chi connectivity index (χ4v) is 2.20. The molecule has 0 N–H and O–H groups in total. The molecule has 0 bridgehead atoms. The third-order valence-corrected chi connectivity index (χ3v) is 3.31. The van der Waals surface area contributed by atoms with Gasteiger partial charge in [-0.2, -0.15) is 0 Å². The van der Waals surface area contributed by atoms with Crippen molar-refractivity contribution >= 4 is 18.0 Å². The average molecular weight is 292 g/mol. The van der Waals surface area contributed by atoms with E-state index in [1.165, 1.54) is 11.8 Å². The van der Waals surface area contributed by atoms with Crippen molar-refractivity contribution in [3.05, 3.63) is 35.7 Å². The van der Waals surface area contributed by atoms with Crippen molar-refractivity contribution in [1.82, 2.24) is 10.2 Å². The fourth-order valence-electron chi connectivity index (χ4n) is 1.60. The van der Waals surface area contributed by atoms with Gasteiger partial charge in [0.25, 0.3) is 5.22 Å². The van der Waals surface area contributed by atoms with Crippen LogP contribution in [0.4, 0.5) is 0 Å². The minimum atomic E-state index is 0.473. The van der Waals surface area contributed by atoms with Crippen LogP contribution in [0.5, 0.6) is 5.75 Å². The van der Waals surface area contributed by atoms with E-state index in [0.29, 0.717) is 34.8 Å². The van der Waals surface area contributed by atoms with Gasteiger partial charge in [0, 0.05) is 12.2 Å². The summed E-state index contributed by atoms with van der Waals surface area (Å²) in [4.78, 5) is 10.8. The van der Waals surface area contributed by atoms with Crippen molar-refractivity contribution in [2.75, 3.05) is 12.4 Å². The number of nitrogens with zero attached hydrogens (tertiary/aromatic N) is 2. The van der Waals surface area contributed by atoms with Crippen LogP contribution in [-0.2, 0) is 6.42 Å². The van der Waals surface area contributed by atoms with E-state index in [2.05, 4.69) is 17.1 Å². The van der Waals surface area contributed by atoms with Crippen LogP contribution >= 0.6 is 11.8 Å². The van der Waals surface area contributed by atoms with Gasteiger partial charge in [0.15, 0.2) is 6.29 Å². The molecule has 0 aliphatic carbocycles. The summed E-state index contributed by atoms with van der Waals surface area (Å²) in [7, 11) is 0. The number of aromatic nitrogens is 2. The van der Waals surface area contributed by atoms with Gasteiger partial charge in [-0.3, -0.25) is 4.79 Å². The van der Waals surface area contributed by atoms with Crippen molar-refractivity contribution in [1.29, 1.82) is 0 Å². The van der Waals surface area contributed by atoms with E-state index in [9.17, 15) is 4.79 Å². The lowest BCUT2D eigenvalue weighted by Crippen LogP contribution is -2.02. The second kappa shape index (κ2) is 7.69. The number of carbonyl (C=O) groups excluding carboxylic acids is 1. The molecule has 0 aliphatic heterocycles. The molecule has 0 atom stereocenters. The predicted octanol–water partition coefficient (Wildman–Crippen LogP) is 3.01. The van der Waals surface area contributed by atoms with E-state index in [4.69, 9.17) is 9.15 Å². The summed E-state index contributed by atoms with van der Waals surface area (Å²) in [6, 6.07) is 7.15. The van der Waals surface area contributed by atoms with E-state index < -0.39 is 0 Å². The number of para-hydroxylation sites is 1. The molecule has 20 heavy (non-hydrogen) atoms. The van der Waals surface area contributed by atoms with Crippen LogP contribution in [0, 0.1) is 0 Å². The Bertz CT molecular complexity index is 557. The van der Waals surface area contributed by atoms with Crippen LogP contribution in [0.2, 0.25) is 0 Å². The lowest BCUT2D eigenvalue weighted by molar-refractivity contribution is 0.112. The molecule has 0 spiro atoms. The Morgan fingerprint density at radius 2 is 2.20 bits per heavy atom. The summed E-state index contributed by atoms with van der Waals surface area (Å²) < 4.78 is 11.0. The number of aryl methyl sites for hydroxylation is 1. The topological polar surface area (TPSA) is 65.2 Å². The average Bonchev–Trinajstić information content (AvgIpc) is 2.92. The first-order valence-electron chi connectivity index (χ1n) is 6.45. The monoisotopic (exact) mass is 292 g/mol. The van der Waals surface area contributed by atoms with Crippen LogP contribution in [-0.4, -0.2) is 28.8 Å². The highest BCUT2D eigenvalue weighted by molar-refractivity contribution is 7.99. The molecule has 0 saturated heterocycles. The smallest absolute Gasteiger partial charge is 0.276 e. The highest BCUT2D eigenvalue weighted by Crippen LogP contribution is 2.19. The highest BCUT2D eigenvalue weighted by atomic mass is 32.2. The van der Waals surface area contributed by atoms with Gasteiger partial charge in [-0.15, -0.1) is 10.2 Å². The van der Waals surface area contributed by atoms with Crippen molar-refractivity contribution in [2.24, 2.45) is 0 Å². The van der Waals surface area contributed by atoms with Crippen LogP contribution in [0.3, 0.4) is 0 Å². The van der Waals surface area contributed by atoms with Crippen LogP contribution in [0.25, 0.3) is 0 Å². The molecule has 0 aliphatic rings. The molecular formula is C14H16N2O3S. The Labute approximate surface area is 121 Å². The molecule has 0 amide bonds. The number of thioether (sulfide) groups is 1. The van der Waals surface area contributed by atoms with E-state index in [-0.39, 0.29) is 0 Å². The maximum Gasteiger partial charge on any atom is 0.276 e. The minimum Gasteiger partial charge on any atom is -0.492 e. The molecule has 5 nitrogen and oxygen atoms in total. The molecule has 0 unspecified atom stereocenters. The molecular weight excluding hydrogens is 276 g/mol. The van der Waals surface area contributed by atoms with Gasteiger partial charge >= 0.3 is 0 Å². The molecule has 1 aromatic carbocycles. The molecule has 6 heteroatoms. The number of ether oxygens (including phenoxy) is 1. The van der Waals surface area contributed by atoms with E-state index in [1.54, 1.807) is 18.2 Å². The molecule has 106 valence electrons. The number of aldehydes is 1. The molecule has 2 rings (SSSR count). The van der Waals surface area contributed by atoms with Gasteiger partial charge in [0.2, 0.25) is 5.89 Å². The van der Waals surface area contributed by atoms with E-state index in [1.807, 2.05) is 6.07 Å². The van der Waals surface area contributed by atoms with Gasteiger partial charge in [-0.25, -0.2) is 0 Å². The molecule has 1 aromatic heterocycles. The maximum absolute atomic E-state index is 10.8. The Balaban J connectivity index is 1.77. The first-order valence-corrected chi connectivity index (χ1v) is 7.44. The third kappa shape index (κ3) is 4.09. The second-order valence-corrected chi connectivity index (χ2v) is 5.11. The zero-order chi connectivity index (χ0) is 14.2. The van der Waals surface area contributed by atoms with Gasteiger partial charge in [-0.1, -0.05) is 30.8 Å². The normalized spacial score (nSPS) is 10.4.